The van der Waals surface area contributed by atoms with E-state index in [4.69, 9.17) is 15.4 Å². The lowest BCUT2D eigenvalue weighted by Gasteiger charge is -2.10. The maximum atomic E-state index is 11.4. The van der Waals surface area contributed by atoms with Gasteiger partial charge in [-0.3, -0.25) is 4.79 Å². The largest absolute Gasteiger partial charge is 0.482 e. The molecule has 0 fully saturated rings. The van der Waals surface area contributed by atoms with Crippen LogP contribution in [0.5, 0.6) is 5.75 Å². The van der Waals surface area contributed by atoms with Gasteiger partial charge in [0.25, 0.3) is 15.0 Å². The van der Waals surface area contributed by atoms with Crippen molar-refractivity contribution in [3.8, 4) is 5.75 Å². The number of benzene rings is 1. The van der Waals surface area contributed by atoms with E-state index in [0.717, 1.165) is 5.56 Å². The van der Waals surface area contributed by atoms with E-state index < -0.39 is 9.05 Å². The van der Waals surface area contributed by atoms with Crippen molar-refractivity contribution in [1.82, 2.24) is 5.32 Å². The maximum absolute atomic E-state index is 11.4. The van der Waals surface area contributed by atoms with Gasteiger partial charge in [0.1, 0.15) is 10.6 Å². The second-order valence-corrected chi connectivity index (χ2v) is 6.16. The fraction of sp³-hybridized carbons (Fsp3) is 0.364. The number of likely N-dealkylation sites (N-methyl/N-ethyl adjacent to an activating group) is 1. The number of hydrogen-bond acceptors (Lipinski definition) is 4. The summed E-state index contributed by atoms with van der Waals surface area (Å²) >= 11 is 0. The number of carbonyl (C=O) groups excluding carboxylic acids is 1. The van der Waals surface area contributed by atoms with Crippen LogP contribution in [-0.2, 0) is 13.8 Å². The van der Waals surface area contributed by atoms with Crippen LogP contribution in [0.4, 0.5) is 0 Å². The molecule has 1 amide bonds. The van der Waals surface area contributed by atoms with Gasteiger partial charge in [0, 0.05) is 17.2 Å². The van der Waals surface area contributed by atoms with Gasteiger partial charge >= 0.3 is 0 Å². The standard InChI is InChI=1S/C11H14ClNO4S/c1-3-13-11(14)7-17-9-5-4-8(2)6-10(9)18(12,15)16/h4-6H,3,7H2,1-2H3,(H,13,14). The zero-order chi connectivity index (χ0) is 13.8. The second-order valence-electron chi connectivity index (χ2n) is 3.63. The molecule has 0 heterocycles. The highest BCUT2D eigenvalue weighted by Gasteiger charge is 2.17. The Bertz CT molecular complexity index is 542. The quantitative estimate of drug-likeness (QED) is 0.833. The van der Waals surface area contributed by atoms with Crippen molar-refractivity contribution >= 4 is 25.6 Å². The fourth-order valence-corrected chi connectivity index (χ4v) is 2.37. The van der Waals surface area contributed by atoms with E-state index in [1.165, 1.54) is 12.1 Å². The van der Waals surface area contributed by atoms with Crippen molar-refractivity contribution in [3.63, 3.8) is 0 Å². The predicted octanol–water partition coefficient (Wildman–Crippen LogP) is 1.44. The van der Waals surface area contributed by atoms with Crippen LogP contribution in [0.25, 0.3) is 0 Å². The molecule has 1 aromatic rings. The van der Waals surface area contributed by atoms with E-state index in [0.29, 0.717) is 6.54 Å². The van der Waals surface area contributed by atoms with E-state index in [1.807, 2.05) is 0 Å². The minimum Gasteiger partial charge on any atom is -0.482 e. The van der Waals surface area contributed by atoms with Gasteiger partial charge in [-0.15, -0.1) is 0 Å². The second kappa shape index (κ2) is 6.06. The average Bonchev–Trinajstić information content (AvgIpc) is 2.26. The van der Waals surface area contributed by atoms with E-state index >= 15 is 0 Å². The number of nitrogens with one attached hydrogen (secondary N) is 1. The molecule has 1 N–H and O–H groups in total. The van der Waals surface area contributed by atoms with Crippen molar-refractivity contribution in [1.29, 1.82) is 0 Å². The topological polar surface area (TPSA) is 72.5 Å². The molecule has 18 heavy (non-hydrogen) atoms. The van der Waals surface area contributed by atoms with Crippen LogP contribution in [0.15, 0.2) is 23.1 Å². The number of halogens is 1. The molecule has 0 unspecified atom stereocenters. The van der Waals surface area contributed by atoms with Crippen LogP contribution in [0.2, 0.25) is 0 Å². The Labute approximate surface area is 111 Å². The lowest BCUT2D eigenvalue weighted by Crippen LogP contribution is -2.28. The molecule has 7 heteroatoms. The first-order valence-electron chi connectivity index (χ1n) is 5.29. The van der Waals surface area contributed by atoms with Gasteiger partial charge in [-0.2, -0.15) is 0 Å². The maximum Gasteiger partial charge on any atom is 0.264 e. The van der Waals surface area contributed by atoms with E-state index in [-0.39, 0.29) is 23.2 Å². The van der Waals surface area contributed by atoms with Gasteiger partial charge in [0.15, 0.2) is 6.61 Å². The van der Waals surface area contributed by atoms with Crippen molar-refractivity contribution in [3.05, 3.63) is 23.8 Å². The molecule has 0 spiro atoms. The van der Waals surface area contributed by atoms with Crippen LogP contribution in [0.3, 0.4) is 0 Å². The van der Waals surface area contributed by atoms with Crippen molar-refractivity contribution in [2.75, 3.05) is 13.2 Å². The lowest BCUT2D eigenvalue weighted by atomic mass is 10.2. The van der Waals surface area contributed by atoms with Crippen molar-refractivity contribution in [2.45, 2.75) is 18.7 Å². The molecular weight excluding hydrogens is 278 g/mol. The number of rotatable bonds is 5. The summed E-state index contributed by atoms with van der Waals surface area (Å²) in [4.78, 5) is 11.1. The Balaban J connectivity index is 2.93. The smallest absolute Gasteiger partial charge is 0.264 e. The molecule has 1 aromatic carbocycles. The SMILES string of the molecule is CCNC(=O)COc1ccc(C)cc1S(=O)(=O)Cl. The third-order valence-corrected chi connectivity index (χ3v) is 3.44. The van der Waals surface area contributed by atoms with Crippen LogP contribution < -0.4 is 10.1 Å². The summed E-state index contributed by atoms with van der Waals surface area (Å²) in [6, 6.07) is 4.55. The zero-order valence-corrected chi connectivity index (χ0v) is 11.6. The number of ether oxygens (including phenoxy) is 1. The normalized spacial score (nSPS) is 11.1. The summed E-state index contributed by atoms with van der Waals surface area (Å²) in [5.41, 5.74) is 0.736. The van der Waals surface area contributed by atoms with Crippen molar-refractivity contribution < 1.29 is 17.9 Å². The van der Waals surface area contributed by atoms with Gasteiger partial charge in [-0.1, -0.05) is 6.07 Å². The molecule has 0 aliphatic heterocycles. The summed E-state index contributed by atoms with van der Waals surface area (Å²) in [7, 11) is 1.40. The Morgan fingerprint density at radius 1 is 1.44 bits per heavy atom. The first-order valence-corrected chi connectivity index (χ1v) is 7.60. The lowest BCUT2D eigenvalue weighted by molar-refractivity contribution is -0.123. The van der Waals surface area contributed by atoms with Gasteiger partial charge in [0.05, 0.1) is 0 Å². The first kappa shape index (κ1) is 14.8. The Hall–Kier alpha value is -1.27. The van der Waals surface area contributed by atoms with E-state index in [1.54, 1.807) is 19.9 Å². The molecule has 0 saturated heterocycles. The van der Waals surface area contributed by atoms with Gasteiger partial charge in [-0.25, -0.2) is 8.42 Å². The fourth-order valence-electron chi connectivity index (χ4n) is 1.32. The third-order valence-electron chi connectivity index (χ3n) is 2.09. The Kier molecular flexibility index (Phi) is 4.98. The summed E-state index contributed by atoms with van der Waals surface area (Å²) in [6.07, 6.45) is 0. The Morgan fingerprint density at radius 3 is 2.67 bits per heavy atom. The summed E-state index contributed by atoms with van der Waals surface area (Å²) in [5.74, 6) is -0.252. The van der Waals surface area contributed by atoms with Crippen LogP contribution in [0, 0.1) is 6.92 Å². The minimum absolute atomic E-state index is 0.0712. The number of carbonyl (C=O) groups is 1. The highest BCUT2D eigenvalue weighted by atomic mass is 35.7. The molecule has 0 aliphatic carbocycles. The predicted molar refractivity (Wildman–Crippen MR) is 68.4 cm³/mol. The molecule has 1 rings (SSSR count). The summed E-state index contributed by atoms with van der Waals surface area (Å²) in [6.45, 7) is 3.74. The molecule has 0 atom stereocenters. The third kappa shape index (κ3) is 4.19. The van der Waals surface area contributed by atoms with E-state index in [2.05, 4.69) is 5.32 Å². The van der Waals surface area contributed by atoms with E-state index in [9.17, 15) is 13.2 Å². The number of amides is 1. The first-order chi connectivity index (χ1) is 8.34. The molecule has 0 saturated carbocycles. The van der Waals surface area contributed by atoms with Gasteiger partial charge < -0.3 is 10.1 Å². The average molecular weight is 292 g/mol. The summed E-state index contributed by atoms with van der Waals surface area (Å²) in [5, 5.41) is 2.54. The van der Waals surface area contributed by atoms with Crippen LogP contribution in [-0.4, -0.2) is 27.5 Å². The Morgan fingerprint density at radius 2 is 2.11 bits per heavy atom. The van der Waals surface area contributed by atoms with Crippen LogP contribution in [0.1, 0.15) is 12.5 Å². The highest BCUT2D eigenvalue weighted by molar-refractivity contribution is 8.13. The van der Waals surface area contributed by atoms with Gasteiger partial charge in [-0.05, 0) is 31.5 Å². The highest BCUT2D eigenvalue weighted by Crippen LogP contribution is 2.27. The minimum atomic E-state index is -3.90. The van der Waals surface area contributed by atoms with Gasteiger partial charge in [0.2, 0.25) is 0 Å². The number of hydrogen-bond donors (Lipinski definition) is 1. The summed E-state index contributed by atoms with van der Waals surface area (Å²) < 4.78 is 27.9. The zero-order valence-electron chi connectivity index (χ0n) is 10.1. The molecule has 5 nitrogen and oxygen atoms in total. The molecule has 0 bridgehead atoms. The monoisotopic (exact) mass is 291 g/mol. The molecule has 0 aromatic heterocycles. The molecular formula is C11H14ClNO4S. The molecule has 0 aliphatic rings. The number of aryl methyl sites for hydroxylation is 1. The molecule has 100 valence electrons. The van der Waals surface area contributed by atoms with Crippen LogP contribution >= 0.6 is 10.7 Å². The van der Waals surface area contributed by atoms with Crippen molar-refractivity contribution in [2.24, 2.45) is 0 Å². The molecule has 0 radical (unpaired) electrons.